The van der Waals surface area contributed by atoms with Gasteiger partial charge < -0.3 is 10.1 Å². The Labute approximate surface area is 180 Å². The monoisotopic (exact) mass is 451 g/mol. The Hall–Kier alpha value is -2.30. The number of anilines is 1. The highest BCUT2D eigenvalue weighted by Gasteiger charge is 2.33. The molecule has 1 aliphatic heterocycles. The van der Waals surface area contributed by atoms with Crippen LogP contribution in [0.4, 0.5) is 5.13 Å². The molecule has 1 fully saturated rings. The van der Waals surface area contributed by atoms with Crippen molar-refractivity contribution in [3.63, 3.8) is 0 Å². The number of amides is 1. The molecule has 0 radical (unpaired) electrons. The Bertz CT molecular complexity index is 1070. The highest BCUT2D eigenvalue weighted by molar-refractivity contribution is 7.89. The second-order valence-electron chi connectivity index (χ2n) is 7.36. The van der Waals surface area contributed by atoms with Crippen molar-refractivity contribution in [3.8, 4) is 0 Å². The van der Waals surface area contributed by atoms with Crippen LogP contribution in [0.15, 0.2) is 23.1 Å². The fraction of sp³-hybridized carbons (Fsp3) is 0.450. The predicted octanol–water partition coefficient (Wildman–Crippen LogP) is 2.89. The number of methoxy groups -OCH3 is 1. The van der Waals surface area contributed by atoms with Crippen LogP contribution in [0.1, 0.15) is 39.3 Å². The van der Waals surface area contributed by atoms with E-state index >= 15 is 0 Å². The maximum absolute atomic E-state index is 13.0. The first-order valence-electron chi connectivity index (χ1n) is 9.57. The van der Waals surface area contributed by atoms with Crippen LogP contribution in [0, 0.1) is 26.7 Å². The molecular formula is C20H25N3O5S2. The number of thiazole rings is 1. The summed E-state index contributed by atoms with van der Waals surface area (Å²) < 4.78 is 32.1. The zero-order valence-electron chi connectivity index (χ0n) is 17.4. The van der Waals surface area contributed by atoms with Gasteiger partial charge in [0.1, 0.15) is 4.88 Å². The molecule has 162 valence electrons. The number of carbonyl (C=O) groups is 2. The van der Waals surface area contributed by atoms with Crippen molar-refractivity contribution in [1.82, 2.24) is 9.29 Å². The molecule has 0 aliphatic carbocycles. The number of esters is 1. The van der Waals surface area contributed by atoms with Crippen molar-refractivity contribution in [2.75, 3.05) is 25.5 Å². The molecule has 1 aliphatic rings. The number of benzene rings is 1. The molecule has 0 spiro atoms. The van der Waals surface area contributed by atoms with E-state index in [2.05, 4.69) is 10.3 Å². The van der Waals surface area contributed by atoms with Crippen LogP contribution >= 0.6 is 11.3 Å². The number of nitrogens with one attached hydrogen (secondary N) is 1. The molecule has 1 aromatic heterocycles. The lowest BCUT2D eigenvalue weighted by Crippen LogP contribution is -2.41. The minimum atomic E-state index is -3.59. The standard InChI is InChI=1S/C20H25N3O5S2/c1-12-5-6-16(13(2)11-12)30(26,27)23-9-7-15(8-10-23)18(24)22-20-21-14(3)17(29-20)19(25)28-4/h5-6,11,15H,7-10H2,1-4H3,(H,21,22,24). The minimum absolute atomic E-state index is 0.219. The SMILES string of the molecule is COC(=O)c1sc(NC(=O)C2CCN(S(=O)(=O)c3ccc(C)cc3C)CC2)nc1C. The average Bonchev–Trinajstić information content (AvgIpc) is 3.07. The van der Waals surface area contributed by atoms with Crippen molar-refractivity contribution in [3.05, 3.63) is 39.9 Å². The number of hydrogen-bond acceptors (Lipinski definition) is 7. The molecule has 2 heterocycles. The molecular weight excluding hydrogens is 426 g/mol. The number of rotatable bonds is 5. The zero-order valence-corrected chi connectivity index (χ0v) is 19.0. The van der Waals surface area contributed by atoms with Crippen LogP contribution in [0.2, 0.25) is 0 Å². The lowest BCUT2D eigenvalue weighted by molar-refractivity contribution is -0.120. The predicted molar refractivity (Wildman–Crippen MR) is 114 cm³/mol. The third-order valence-corrected chi connectivity index (χ3v) is 8.28. The van der Waals surface area contributed by atoms with Crippen molar-refractivity contribution < 1.29 is 22.7 Å². The summed E-state index contributed by atoms with van der Waals surface area (Å²) in [6, 6.07) is 5.28. The van der Waals surface area contributed by atoms with E-state index in [9.17, 15) is 18.0 Å². The van der Waals surface area contributed by atoms with E-state index in [0.29, 0.717) is 33.4 Å². The van der Waals surface area contributed by atoms with Crippen molar-refractivity contribution >= 4 is 38.4 Å². The number of sulfonamides is 1. The summed E-state index contributed by atoms with van der Waals surface area (Å²) in [4.78, 5) is 29.2. The second kappa shape index (κ2) is 8.83. The quantitative estimate of drug-likeness (QED) is 0.701. The first-order valence-corrected chi connectivity index (χ1v) is 11.8. The van der Waals surface area contributed by atoms with Crippen LogP contribution in [0.25, 0.3) is 0 Å². The molecule has 8 nitrogen and oxygen atoms in total. The van der Waals surface area contributed by atoms with Gasteiger partial charge in [0.2, 0.25) is 15.9 Å². The Balaban J connectivity index is 1.64. The normalized spacial score (nSPS) is 15.7. The summed E-state index contributed by atoms with van der Waals surface area (Å²) in [5.74, 6) is -1.03. The van der Waals surface area contributed by atoms with Gasteiger partial charge in [-0.1, -0.05) is 29.0 Å². The topological polar surface area (TPSA) is 106 Å². The van der Waals surface area contributed by atoms with Gasteiger partial charge in [0.25, 0.3) is 0 Å². The van der Waals surface area contributed by atoms with Crippen LogP contribution in [-0.4, -0.2) is 49.8 Å². The molecule has 2 aromatic rings. The molecule has 1 saturated heterocycles. The average molecular weight is 452 g/mol. The van der Waals surface area contributed by atoms with Crippen LogP contribution in [0.5, 0.6) is 0 Å². The minimum Gasteiger partial charge on any atom is -0.465 e. The molecule has 0 bridgehead atoms. The number of ether oxygens (including phenoxy) is 1. The van der Waals surface area contributed by atoms with E-state index < -0.39 is 16.0 Å². The van der Waals surface area contributed by atoms with Gasteiger partial charge in [-0.25, -0.2) is 18.2 Å². The summed E-state index contributed by atoms with van der Waals surface area (Å²) in [7, 11) is -2.30. The third-order valence-electron chi connectivity index (χ3n) is 5.17. The van der Waals surface area contributed by atoms with E-state index in [1.165, 1.54) is 11.4 Å². The fourth-order valence-electron chi connectivity index (χ4n) is 3.53. The Morgan fingerprint density at radius 2 is 1.87 bits per heavy atom. The van der Waals surface area contributed by atoms with Gasteiger partial charge in [-0.05, 0) is 45.2 Å². The number of hydrogen-bond donors (Lipinski definition) is 1. The zero-order chi connectivity index (χ0) is 22.1. The molecule has 1 N–H and O–H groups in total. The summed E-state index contributed by atoms with van der Waals surface area (Å²) in [5.41, 5.74) is 2.22. The smallest absolute Gasteiger partial charge is 0.350 e. The molecule has 1 amide bonds. The van der Waals surface area contributed by atoms with Gasteiger partial charge in [-0.3, -0.25) is 4.79 Å². The van der Waals surface area contributed by atoms with Crippen molar-refractivity contribution in [2.45, 2.75) is 38.5 Å². The fourth-order valence-corrected chi connectivity index (χ4v) is 6.09. The maximum Gasteiger partial charge on any atom is 0.350 e. The number of piperidine rings is 1. The first kappa shape index (κ1) is 22.4. The maximum atomic E-state index is 13.0. The molecule has 0 saturated carbocycles. The van der Waals surface area contributed by atoms with Crippen molar-refractivity contribution in [2.24, 2.45) is 5.92 Å². The van der Waals surface area contributed by atoms with E-state index in [1.54, 1.807) is 26.0 Å². The second-order valence-corrected chi connectivity index (χ2v) is 10.3. The summed E-state index contributed by atoms with van der Waals surface area (Å²) in [5, 5.41) is 3.08. The summed E-state index contributed by atoms with van der Waals surface area (Å²) in [6.45, 7) is 5.94. The Morgan fingerprint density at radius 1 is 1.20 bits per heavy atom. The van der Waals surface area contributed by atoms with Gasteiger partial charge in [0.05, 0.1) is 17.7 Å². The van der Waals surface area contributed by atoms with E-state index in [-0.39, 0.29) is 24.9 Å². The largest absolute Gasteiger partial charge is 0.465 e. The molecule has 30 heavy (non-hydrogen) atoms. The van der Waals surface area contributed by atoms with Gasteiger partial charge in [-0.2, -0.15) is 4.31 Å². The number of aryl methyl sites for hydroxylation is 3. The van der Waals surface area contributed by atoms with Gasteiger partial charge in [0, 0.05) is 19.0 Å². The van der Waals surface area contributed by atoms with Crippen molar-refractivity contribution in [1.29, 1.82) is 0 Å². The molecule has 0 unspecified atom stereocenters. The Morgan fingerprint density at radius 3 is 2.47 bits per heavy atom. The molecule has 1 aromatic carbocycles. The lowest BCUT2D eigenvalue weighted by Gasteiger charge is -2.30. The van der Waals surface area contributed by atoms with E-state index in [4.69, 9.17) is 4.74 Å². The Kier molecular flexibility index (Phi) is 6.59. The highest BCUT2D eigenvalue weighted by atomic mass is 32.2. The van der Waals surface area contributed by atoms with Crippen LogP contribution in [0.3, 0.4) is 0 Å². The van der Waals surface area contributed by atoms with Gasteiger partial charge >= 0.3 is 5.97 Å². The van der Waals surface area contributed by atoms with Gasteiger partial charge in [0.15, 0.2) is 5.13 Å². The summed E-state index contributed by atoms with van der Waals surface area (Å²) in [6.07, 6.45) is 0.842. The third kappa shape index (κ3) is 4.55. The van der Waals surface area contributed by atoms with E-state index in [0.717, 1.165) is 22.5 Å². The number of carbonyl (C=O) groups excluding carboxylic acids is 2. The number of aromatic nitrogens is 1. The molecule has 0 atom stereocenters. The molecule has 3 rings (SSSR count). The summed E-state index contributed by atoms with van der Waals surface area (Å²) >= 11 is 1.07. The highest BCUT2D eigenvalue weighted by Crippen LogP contribution is 2.28. The van der Waals surface area contributed by atoms with Gasteiger partial charge in [-0.15, -0.1) is 0 Å². The van der Waals surface area contributed by atoms with E-state index in [1.807, 2.05) is 13.0 Å². The molecule has 10 heteroatoms. The number of nitrogens with zero attached hydrogens (tertiary/aromatic N) is 2. The van der Waals surface area contributed by atoms with Crippen LogP contribution in [-0.2, 0) is 19.6 Å². The first-order chi connectivity index (χ1) is 14.1. The lowest BCUT2D eigenvalue weighted by atomic mass is 9.97. The van der Waals surface area contributed by atoms with Crippen LogP contribution < -0.4 is 5.32 Å².